The molecule has 0 spiro atoms. The van der Waals surface area contributed by atoms with Gasteiger partial charge >= 0.3 is 0 Å². The molecule has 4 nitrogen and oxygen atoms in total. The average molecular weight is 408 g/mol. The summed E-state index contributed by atoms with van der Waals surface area (Å²) in [5, 5.41) is 3.67. The molecule has 6 heteroatoms. The third-order valence-electron chi connectivity index (χ3n) is 4.24. The number of carbonyl (C=O) groups is 1. The van der Waals surface area contributed by atoms with Crippen LogP contribution in [0.15, 0.2) is 77.8 Å². The quantitative estimate of drug-likeness (QED) is 0.432. The Bertz CT molecular complexity index is 1140. The normalized spacial score (nSPS) is 10.9. The molecule has 0 saturated heterocycles. The molecule has 140 valence electrons. The fourth-order valence-electron chi connectivity index (χ4n) is 2.94. The van der Waals surface area contributed by atoms with Crippen LogP contribution in [0.1, 0.15) is 5.56 Å². The number of thioether (sulfide) groups is 1. The number of hydrogen-bond acceptors (Lipinski definition) is 3. The summed E-state index contributed by atoms with van der Waals surface area (Å²) in [7, 11) is 0. The van der Waals surface area contributed by atoms with Gasteiger partial charge in [-0.3, -0.25) is 9.20 Å². The molecule has 2 aromatic heterocycles. The number of benzene rings is 2. The van der Waals surface area contributed by atoms with Gasteiger partial charge in [0.15, 0.2) is 0 Å². The highest BCUT2D eigenvalue weighted by Crippen LogP contribution is 2.31. The molecule has 4 rings (SSSR count). The molecule has 0 fully saturated rings. The summed E-state index contributed by atoms with van der Waals surface area (Å²) in [6.07, 6.45) is 1.97. The maximum Gasteiger partial charge on any atom is 0.235 e. The molecule has 0 bridgehead atoms. The van der Waals surface area contributed by atoms with Gasteiger partial charge in [0.2, 0.25) is 5.91 Å². The lowest BCUT2D eigenvalue weighted by atomic mass is 10.1. The van der Waals surface area contributed by atoms with Crippen molar-refractivity contribution in [2.45, 2.75) is 11.8 Å². The minimum absolute atomic E-state index is 0.0829. The number of fused-ring (bicyclic) bond motifs is 1. The van der Waals surface area contributed by atoms with Crippen LogP contribution >= 0.6 is 23.4 Å². The zero-order valence-corrected chi connectivity index (χ0v) is 16.8. The van der Waals surface area contributed by atoms with Gasteiger partial charge in [0.1, 0.15) is 17.2 Å². The zero-order valence-electron chi connectivity index (χ0n) is 15.2. The second kappa shape index (κ2) is 8.09. The van der Waals surface area contributed by atoms with E-state index in [0.29, 0.717) is 22.3 Å². The molecule has 1 amide bonds. The van der Waals surface area contributed by atoms with Crippen LogP contribution < -0.4 is 5.32 Å². The van der Waals surface area contributed by atoms with Crippen molar-refractivity contribution in [3.63, 3.8) is 0 Å². The number of rotatable bonds is 5. The molecule has 0 atom stereocenters. The van der Waals surface area contributed by atoms with Gasteiger partial charge in [-0.25, -0.2) is 4.98 Å². The molecule has 1 N–H and O–H groups in total. The summed E-state index contributed by atoms with van der Waals surface area (Å²) in [5.41, 5.74) is 3.41. The first-order valence-corrected chi connectivity index (χ1v) is 10.2. The Labute approximate surface area is 172 Å². The Morgan fingerprint density at radius 3 is 2.71 bits per heavy atom. The van der Waals surface area contributed by atoms with Crippen LogP contribution in [-0.2, 0) is 4.79 Å². The number of nitrogens with zero attached hydrogens (tertiary/aromatic N) is 2. The van der Waals surface area contributed by atoms with Crippen molar-refractivity contribution in [3.05, 3.63) is 83.5 Å². The summed E-state index contributed by atoms with van der Waals surface area (Å²) in [4.78, 5) is 18.4. The minimum Gasteiger partial charge on any atom is -0.309 e. The summed E-state index contributed by atoms with van der Waals surface area (Å²) in [6, 6.07) is 21.3. The third kappa shape index (κ3) is 4.06. The van der Waals surface area contributed by atoms with Crippen molar-refractivity contribution in [2.75, 3.05) is 11.1 Å². The van der Waals surface area contributed by atoms with Gasteiger partial charge in [-0.1, -0.05) is 48.0 Å². The van der Waals surface area contributed by atoms with Gasteiger partial charge in [-0.05, 0) is 42.8 Å². The molecule has 0 aliphatic heterocycles. The van der Waals surface area contributed by atoms with E-state index >= 15 is 0 Å². The molecule has 0 aliphatic rings. The number of halogens is 1. The van der Waals surface area contributed by atoms with Gasteiger partial charge < -0.3 is 5.32 Å². The number of pyridine rings is 1. The van der Waals surface area contributed by atoms with Crippen molar-refractivity contribution in [2.24, 2.45) is 0 Å². The molecule has 28 heavy (non-hydrogen) atoms. The average Bonchev–Trinajstić information content (AvgIpc) is 3.05. The Morgan fingerprint density at radius 1 is 1.11 bits per heavy atom. The number of anilines is 1. The van der Waals surface area contributed by atoms with Crippen LogP contribution in [0.5, 0.6) is 0 Å². The summed E-state index contributed by atoms with van der Waals surface area (Å²) in [5.74, 6) is 0.887. The molecule has 0 aliphatic carbocycles. The predicted octanol–water partition coefficient (Wildman–Crippen LogP) is 5.69. The highest BCUT2D eigenvalue weighted by atomic mass is 35.5. The van der Waals surface area contributed by atoms with Gasteiger partial charge in [0.05, 0.1) is 5.75 Å². The van der Waals surface area contributed by atoms with Crippen molar-refractivity contribution < 1.29 is 4.79 Å². The Kier molecular flexibility index (Phi) is 5.37. The first kappa shape index (κ1) is 18.6. The van der Waals surface area contributed by atoms with Crippen LogP contribution in [0.4, 0.5) is 5.82 Å². The smallest absolute Gasteiger partial charge is 0.235 e. The van der Waals surface area contributed by atoms with Gasteiger partial charge in [-0.15, -0.1) is 11.8 Å². The number of hydrogen-bond donors (Lipinski definition) is 1. The van der Waals surface area contributed by atoms with Crippen LogP contribution in [0, 0.1) is 6.92 Å². The fourth-order valence-corrected chi connectivity index (χ4v) is 3.85. The fraction of sp³-hybridized carbons (Fsp3) is 0.0909. The lowest BCUT2D eigenvalue weighted by Crippen LogP contribution is -2.16. The SMILES string of the molecule is Cc1ccc2nc(-c3cccc(Cl)c3)c(NC(=O)CSc3ccccc3)n2c1. The van der Waals surface area contributed by atoms with E-state index in [4.69, 9.17) is 16.6 Å². The highest BCUT2D eigenvalue weighted by Gasteiger charge is 2.17. The lowest BCUT2D eigenvalue weighted by molar-refractivity contribution is -0.113. The van der Waals surface area contributed by atoms with Crippen molar-refractivity contribution in [1.82, 2.24) is 9.38 Å². The number of aryl methyl sites for hydroxylation is 1. The van der Waals surface area contributed by atoms with E-state index in [1.165, 1.54) is 11.8 Å². The minimum atomic E-state index is -0.0829. The van der Waals surface area contributed by atoms with Gasteiger partial charge in [-0.2, -0.15) is 0 Å². The second-order valence-corrected chi connectivity index (χ2v) is 7.89. The maximum atomic E-state index is 12.7. The molecular formula is C22H18ClN3OS. The monoisotopic (exact) mass is 407 g/mol. The Balaban J connectivity index is 1.67. The van der Waals surface area contributed by atoms with Crippen LogP contribution in [0.25, 0.3) is 16.9 Å². The highest BCUT2D eigenvalue weighted by molar-refractivity contribution is 8.00. The third-order valence-corrected chi connectivity index (χ3v) is 5.48. The molecule has 4 aromatic rings. The van der Waals surface area contributed by atoms with E-state index in [9.17, 15) is 4.79 Å². The Morgan fingerprint density at radius 2 is 1.93 bits per heavy atom. The zero-order chi connectivity index (χ0) is 19.5. The standard InChI is InChI=1S/C22H18ClN3OS/c1-15-10-11-19-24-21(16-6-5-7-17(23)12-16)22(26(19)13-15)25-20(27)14-28-18-8-3-2-4-9-18/h2-13H,14H2,1H3,(H,25,27). The van der Waals surface area contributed by atoms with Gasteiger partial charge in [0, 0.05) is 21.7 Å². The number of amides is 1. The number of aromatic nitrogens is 2. The molecular weight excluding hydrogens is 390 g/mol. The predicted molar refractivity (Wildman–Crippen MR) is 116 cm³/mol. The topological polar surface area (TPSA) is 46.4 Å². The summed E-state index contributed by atoms with van der Waals surface area (Å²) >= 11 is 7.67. The lowest BCUT2D eigenvalue weighted by Gasteiger charge is -2.09. The molecule has 0 saturated carbocycles. The van der Waals surface area contributed by atoms with Crippen molar-refractivity contribution >= 4 is 40.7 Å². The van der Waals surface area contributed by atoms with Crippen molar-refractivity contribution in [1.29, 1.82) is 0 Å². The maximum absolute atomic E-state index is 12.7. The van der Waals surface area contributed by atoms with Crippen LogP contribution in [-0.4, -0.2) is 21.0 Å². The Hall–Kier alpha value is -2.76. The van der Waals surface area contributed by atoms with E-state index in [0.717, 1.165) is 21.7 Å². The van der Waals surface area contributed by atoms with E-state index in [1.54, 1.807) is 0 Å². The number of imidazole rings is 1. The number of carbonyl (C=O) groups excluding carboxylic acids is 1. The second-order valence-electron chi connectivity index (χ2n) is 6.40. The number of nitrogens with one attached hydrogen (secondary N) is 1. The van der Waals surface area contributed by atoms with Crippen molar-refractivity contribution in [3.8, 4) is 11.3 Å². The van der Waals surface area contributed by atoms with E-state index in [-0.39, 0.29) is 5.91 Å². The van der Waals surface area contributed by atoms with Crippen LogP contribution in [0.2, 0.25) is 5.02 Å². The van der Waals surface area contributed by atoms with E-state index < -0.39 is 0 Å². The van der Waals surface area contributed by atoms with E-state index in [1.807, 2.05) is 84.3 Å². The summed E-state index contributed by atoms with van der Waals surface area (Å²) in [6.45, 7) is 2.01. The largest absolute Gasteiger partial charge is 0.309 e. The molecule has 2 aromatic carbocycles. The molecule has 2 heterocycles. The molecule has 0 radical (unpaired) electrons. The first-order chi connectivity index (χ1) is 13.6. The van der Waals surface area contributed by atoms with Gasteiger partial charge in [0.25, 0.3) is 0 Å². The van der Waals surface area contributed by atoms with Crippen LogP contribution in [0.3, 0.4) is 0 Å². The van der Waals surface area contributed by atoms with E-state index in [2.05, 4.69) is 5.32 Å². The molecule has 0 unspecified atom stereocenters. The first-order valence-electron chi connectivity index (χ1n) is 8.82. The summed E-state index contributed by atoms with van der Waals surface area (Å²) < 4.78 is 1.91.